The summed E-state index contributed by atoms with van der Waals surface area (Å²) in [6.07, 6.45) is 0. The Labute approximate surface area is 110 Å². The van der Waals surface area contributed by atoms with Gasteiger partial charge in [0.05, 0.1) is 12.7 Å². The highest BCUT2D eigenvalue weighted by Crippen LogP contribution is 2.29. The molecule has 0 spiro atoms. The lowest BCUT2D eigenvalue weighted by atomic mass is 10.0. The van der Waals surface area contributed by atoms with E-state index in [2.05, 4.69) is 4.98 Å². The summed E-state index contributed by atoms with van der Waals surface area (Å²) < 4.78 is 5.30. The van der Waals surface area contributed by atoms with Gasteiger partial charge in [-0.05, 0) is 6.07 Å². The van der Waals surface area contributed by atoms with E-state index in [0.717, 1.165) is 10.9 Å². The molecular formula is C16H13NO2. The minimum absolute atomic E-state index is 0.0325. The van der Waals surface area contributed by atoms with Gasteiger partial charge in [-0.2, -0.15) is 0 Å². The Morgan fingerprint density at radius 3 is 2.42 bits per heavy atom. The van der Waals surface area contributed by atoms with E-state index in [-0.39, 0.29) is 5.78 Å². The second-order valence-corrected chi connectivity index (χ2v) is 4.27. The molecule has 0 fully saturated rings. The number of nitrogens with one attached hydrogen (secondary N) is 1. The minimum Gasteiger partial charge on any atom is -0.482 e. The lowest BCUT2D eigenvalue weighted by Crippen LogP contribution is -2.02. The van der Waals surface area contributed by atoms with Crippen LogP contribution in [0.3, 0.4) is 0 Å². The molecule has 0 aliphatic heterocycles. The van der Waals surface area contributed by atoms with Crippen LogP contribution in [-0.2, 0) is 0 Å². The predicted octanol–water partition coefficient (Wildman–Crippen LogP) is 3.41. The van der Waals surface area contributed by atoms with E-state index in [1.807, 2.05) is 54.6 Å². The summed E-state index contributed by atoms with van der Waals surface area (Å²) in [6.45, 7) is 0. The quantitative estimate of drug-likeness (QED) is 0.725. The van der Waals surface area contributed by atoms with E-state index in [1.54, 1.807) is 7.11 Å². The van der Waals surface area contributed by atoms with Crippen molar-refractivity contribution in [1.82, 2.24) is 4.98 Å². The highest BCUT2D eigenvalue weighted by molar-refractivity contribution is 6.18. The molecule has 0 saturated heterocycles. The zero-order valence-electron chi connectivity index (χ0n) is 10.5. The van der Waals surface area contributed by atoms with E-state index >= 15 is 0 Å². The van der Waals surface area contributed by atoms with Crippen molar-refractivity contribution >= 4 is 16.7 Å². The first-order chi connectivity index (χ1) is 9.31. The number of hydrogen-bond donors (Lipinski definition) is 1. The number of aromatic amines is 1. The average molecular weight is 251 g/mol. The maximum atomic E-state index is 12.6. The van der Waals surface area contributed by atoms with Crippen molar-refractivity contribution in [3.63, 3.8) is 0 Å². The molecule has 19 heavy (non-hydrogen) atoms. The molecule has 0 amide bonds. The van der Waals surface area contributed by atoms with Gasteiger partial charge < -0.3 is 9.72 Å². The zero-order valence-corrected chi connectivity index (χ0v) is 10.5. The number of fused-ring (bicyclic) bond motifs is 1. The maximum Gasteiger partial charge on any atom is 0.203 e. The Bertz CT molecular complexity index is 729. The van der Waals surface area contributed by atoms with E-state index in [4.69, 9.17) is 4.74 Å². The Balaban J connectivity index is 2.21. The fourth-order valence-corrected chi connectivity index (χ4v) is 2.23. The van der Waals surface area contributed by atoms with Crippen LogP contribution >= 0.6 is 0 Å². The fraction of sp³-hybridized carbons (Fsp3) is 0.0625. The Morgan fingerprint density at radius 1 is 1.00 bits per heavy atom. The molecule has 0 aliphatic carbocycles. The van der Waals surface area contributed by atoms with Crippen LogP contribution in [0.2, 0.25) is 0 Å². The van der Waals surface area contributed by atoms with Crippen LogP contribution in [-0.4, -0.2) is 17.9 Å². The number of methoxy groups -OCH3 is 1. The zero-order chi connectivity index (χ0) is 13.2. The van der Waals surface area contributed by atoms with Crippen molar-refractivity contribution in [2.75, 3.05) is 7.11 Å². The highest BCUT2D eigenvalue weighted by atomic mass is 16.5. The van der Waals surface area contributed by atoms with Gasteiger partial charge in [-0.3, -0.25) is 4.79 Å². The lowest BCUT2D eigenvalue weighted by molar-refractivity contribution is 0.103. The molecule has 0 bridgehead atoms. The summed E-state index contributed by atoms with van der Waals surface area (Å²) in [4.78, 5) is 15.7. The van der Waals surface area contributed by atoms with E-state index in [1.165, 1.54) is 0 Å². The topological polar surface area (TPSA) is 42.1 Å². The molecule has 94 valence electrons. The van der Waals surface area contributed by atoms with Crippen LogP contribution < -0.4 is 4.74 Å². The standard InChI is InChI=1S/C16H13NO2/c1-19-16-14(12-9-5-6-10-13(12)17-16)15(18)11-7-3-2-4-8-11/h2-10,17H,1H3. The number of ether oxygens (including phenoxy) is 1. The molecular weight excluding hydrogens is 238 g/mol. The SMILES string of the molecule is COc1[nH]c2ccccc2c1C(=O)c1ccccc1. The van der Waals surface area contributed by atoms with Gasteiger partial charge in [0, 0.05) is 16.5 Å². The van der Waals surface area contributed by atoms with Gasteiger partial charge >= 0.3 is 0 Å². The van der Waals surface area contributed by atoms with Gasteiger partial charge in [0.15, 0.2) is 5.78 Å². The van der Waals surface area contributed by atoms with Gasteiger partial charge in [0.1, 0.15) is 0 Å². The molecule has 3 aromatic rings. The van der Waals surface area contributed by atoms with Crippen molar-refractivity contribution in [1.29, 1.82) is 0 Å². The van der Waals surface area contributed by atoms with Crippen LogP contribution in [0.4, 0.5) is 0 Å². The highest BCUT2D eigenvalue weighted by Gasteiger charge is 2.20. The number of para-hydroxylation sites is 1. The number of carbonyl (C=O) groups is 1. The first-order valence-corrected chi connectivity index (χ1v) is 6.05. The van der Waals surface area contributed by atoms with Crippen LogP contribution in [0.1, 0.15) is 15.9 Å². The Hall–Kier alpha value is -2.55. The predicted molar refractivity (Wildman–Crippen MR) is 74.7 cm³/mol. The van der Waals surface area contributed by atoms with Gasteiger partial charge in [-0.15, -0.1) is 0 Å². The maximum absolute atomic E-state index is 12.6. The van der Waals surface area contributed by atoms with Gasteiger partial charge in [-0.1, -0.05) is 48.5 Å². The number of aromatic nitrogens is 1. The van der Waals surface area contributed by atoms with E-state index < -0.39 is 0 Å². The normalized spacial score (nSPS) is 10.6. The molecule has 3 nitrogen and oxygen atoms in total. The number of carbonyl (C=O) groups excluding carboxylic acids is 1. The number of ketones is 1. The Kier molecular flexibility index (Phi) is 2.80. The largest absolute Gasteiger partial charge is 0.482 e. The fourth-order valence-electron chi connectivity index (χ4n) is 2.23. The number of rotatable bonds is 3. The van der Waals surface area contributed by atoms with Crippen LogP contribution in [0, 0.1) is 0 Å². The van der Waals surface area contributed by atoms with E-state index in [9.17, 15) is 4.79 Å². The molecule has 1 aromatic heterocycles. The van der Waals surface area contributed by atoms with Gasteiger partial charge in [-0.25, -0.2) is 0 Å². The smallest absolute Gasteiger partial charge is 0.203 e. The van der Waals surface area contributed by atoms with Gasteiger partial charge in [0.25, 0.3) is 0 Å². The van der Waals surface area contributed by atoms with Crippen LogP contribution in [0.15, 0.2) is 54.6 Å². The summed E-state index contributed by atoms with van der Waals surface area (Å²) in [6, 6.07) is 16.9. The van der Waals surface area contributed by atoms with Crippen molar-refractivity contribution in [2.45, 2.75) is 0 Å². The number of hydrogen-bond acceptors (Lipinski definition) is 2. The summed E-state index contributed by atoms with van der Waals surface area (Å²) in [5, 5.41) is 0.883. The third-order valence-electron chi connectivity index (χ3n) is 3.14. The minimum atomic E-state index is -0.0325. The molecule has 3 rings (SSSR count). The summed E-state index contributed by atoms with van der Waals surface area (Å²) in [5.74, 6) is 0.477. The molecule has 3 heteroatoms. The summed E-state index contributed by atoms with van der Waals surface area (Å²) in [5.41, 5.74) is 2.15. The van der Waals surface area contributed by atoms with Gasteiger partial charge in [0.2, 0.25) is 5.88 Å². The second kappa shape index (κ2) is 4.61. The average Bonchev–Trinajstić information content (AvgIpc) is 2.86. The molecule has 1 N–H and O–H groups in total. The molecule has 2 aromatic carbocycles. The monoisotopic (exact) mass is 251 g/mol. The molecule has 0 atom stereocenters. The van der Waals surface area contributed by atoms with Crippen molar-refractivity contribution in [3.8, 4) is 5.88 Å². The Morgan fingerprint density at radius 2 is 1.68 bits per heavy atom. The number of H-pyrrole nitrogens is 1. The first kappa shape index (κ1) is 11.5. The van der Waals surface area contributed by atoms with Crippen LogP contribution in [0.25, 0.3) is 10.9 Å². The molecule has 0 saturated carbocycles. The first-order valence-electron chi connectivity index (χ1n) is 6.05. The molecule has 0 unspecified atom stereocenters. The van der Waals surface area contributed by atoms with E-state index in [0.29, 0.717) is 17.0 Å². The second-order valence-electron chi connectivity index (χ2n) is 4.27. The third-order valence-corrected chi connectivity index (χ3v) is 3.14. The summed E-state index contributed by atoms with van der Waals surface area (Å²) >= 11 is 0. The molecule has 0 radical (unpaired) electrons. The molecule has 0 aliphatic rings. The van der Waals surface area contributed by atoms with Crippen LogP contribution in [0.5, 0.6) is 5.88 Å². The number of benzene rings is 2. The summed E-state index contributed by atoms with van der Waals surface area (Å²) in [7, 11) is 1.56. The van der Waals surface area contributed by atoms with Crippen molar-refractivity contribution in [2.24, 2.45) is 0 Å². The molecule has 1 heterocycles. The van der Waals surface area contributed by atoms with Crippen molar-refractivity contribution in [3.05, 3.63) is 65.7 Å². The lowest BCUT2D eigenvalue weighted by Gasteiger charge is -2.02. The van der Waals surface area contributed by atoms with Crippen molar-refractivity contribution < 1.29 is 9.53 Å². The third kappa shape index (κ3) is 1.89.